The highest BCUT2D eigenvalue weighted by atomic mass is 19.4. The van der Waals surface area contributed by atoms with Gasteiger partial charge >= 0.3 is 12.1 Å². The van der Waals surface area contributed by atoms with E-state index in [1.807, 2.05) is 35.0 Å². The van der Waals surface area contributed by atoms with E-state index in [2.05, 4.69) is 4.98 Å². The average molecular weight is 428 g/mol. The summed E-state index contributed by atoms with van der Waals surface area (Å²) in [6, 6.07) is 12.5. The van der Waals surface area contributed by atoms with Crippen molar-refractivity contribution in [1.29, 1.82) is 0 Å². The van der Waals surface area contributed by atoms with Crippen LogP contribution in [0, 0.1) is 6.92 Å². The molecule has 0 fully saturated rings. The number of carboxylic acid groups (broad SMARTS) is 1. The lowest BCUT2D eigenvalue weighted by Crippen LogP contribution is -2.03. The number of alkyl halides is 3. The van der Waals surface area contributed by atoms with Crippen molar-refractivity contribution >= 4 is 16.9 Å². The minimum Gasteiger partial charge on any atom is -0.481 e. The first-order chi connectivity index (χ1) is 14.7. The summed E-state index contributed by atoms with van der Waals surface area (Å²) in [5, 5.41) is 9.83. The van der Waals surface area contributed by atoms with Crippen LogP contribution in [0.1, 0.15) is 29.0 Å². The van der Waals surface area contributed by atoms with Crippen LogP contribution in [-0.4, -0.2) is 20.6 Å². The third kappa shape index (κ3) is 4.47. The first-order valence-corrected chi connectivity index (χ1v) is 9.64. The Kier molecular flexibility index (Phi) is 5.31. The average Bonchev–Trinajstić information content (AvgIpc) is 3.29. The maximum absolute atomic E-state index is 12.8. The summed E-state index contributed by atoms with van der Waals surface area (Å²) in [6.45, 7) is 2.21. The summed E-state index contributed by atoms with van der Waals surface area (Å²) >= 11 is 0. The van der Waals surface area contributed by atoms with Crippen molar-refractivity contribution < 1.29 is 27.5 Å². The number of oxazole rings is 1. The van der Waals surface area contributed by atoms with E-state index >= 15 is 0 Å². The molecule has 1 N–H and O–H groups in total. The molecule has 2 aromatic heterocycles. The number of aliphatic carboxylic acids is 1. The summed E-state index contributed by atoms with van der Waals surface area (Å²) in [6.07, 6.45) is -1.94. The van der Waals surface area contributed by atoms with E-state index < -0.39 is 17.7 Å². The summed E-state index contributed by atoms with van der Waals surface area (Å²) in [7, 11) is 0. The quantitative estimate of drug-likeness (QED) is 0.428. The molecule has 0 aliphatic carbocycles. The maximum atomic E-state index is 12.8. The van der Waals surface area contributed by atoms with Crippen molar-refractivity contribution in [2.24, 2.45) is 0 Å². The first-order valence-electron chi connectivity index (χ1n) is 9.64. The molecule has 5 nitrogen and oxygen atoms in total. The fourth-order valence-corrected chi connectivity index (χ4v) is 3.45. The smallest absolute Gasteiger partial charge is 0.416 e. The predicted octanol–water partition coefficient (Wildman–Crippen LogP) is 5.69. The van der Waals surface area contributed by atoms with Crippen LogP contribution in [0.5, 0.6) is 0 Å². The molecule has 0 atom stereocenters. The molecular weight excluding hydrogens is 409 g/mol. The van der Waals surface area contributed by atoms with E-state index in [1.165, 1.54) is 12.1 Å². The number of carbonyl (C=O) groups is 1. The minimum absolute atomic E-state index is 0.0796. The van der Waals surface area contributed by atoms with Gasteiger partial charge in [0, 0.05) is 23.7 Å². The number of rotatable bonds is 6. The topological polar surface area (TPSA) is 68.3 Å². The summed E-state index contributed by atoms with van der Waals surface area (Å²) < 4.78 is 46.1. The largest absolute Gasteiger partial charge is 0.481 e. The zero-order chi connectivity index (χ0) is 22.2. The van der Waals surface area contributed by atoms with Gasteiger partial charge in [0.2, 0.25) is 5.89 Å². The Morgan fingerprint density at radius 3 is 2.55 bits per heavy atom. The molecule has 0 aliphatic rings. The standard InChI is InChI=1S/C23H19F3N2O3/c1-14-20(31-22(27-14)16-4-6-18(7-5-16)23(24,25)26)13-28-11-10-17-12-15(2-8-19(17)28)3-9-21(29)30/h2,4-8,10-12H,3,9,13H2,1H3,(H,29,30). The number of hydrogen-bond donors (Lipinski definition) is 1. The molecule has 2 heterocycles. The van der Waals surface area contributed by atoms with Crippen molar-refractivity contribution in [3.63, 3.8) is 0 Å². The third-order valence-corrected chi connectivity index (χ3v) is 5.13. The molecule has 8 heteroatoms. The maximum Gasteiger partial charge on any atom is 0.416 e. The monoisotopic (exact) mass is 428 g/mol. The SMILES string of the molecule is Cc1nc(-c2ccc(C(F)(F)F)cc2)oc1Cn1ccc2cc(CCC(=O)O)ccc21. The normalized spacial score (nSPS) is 11.9. The Labute approximate surface area is 175 Å². The molecule has 160 valence electrons. The van der Waals surface area contributed by atoms with Crippen LogP contribution >= 0.6 is 0 Å². The zero-order valence-corrected chi connectivity index (χ0v) is 16.6. The van der Waals surface area contributed by atoms with Crippen molar-refractivity contribution in [3.05, 3.63) is 77.3 Å². The Balaban J connectivity index is 1.55. The van der Waals surface area contributed by atoms with Crippen LogP contribution < -0.4 is 0 Å². The molecule has 0 unspecified atom stereocenters. The number of aryl methyl sites for hydroxylation is 2. The van der Waals surface area contributed by atoms with Gasteiger partial charge in [-0.15, -0.1) is 0 Å². The van der Waals surface area contributed by atoms with E-state index in [1.54, 1.807) is 6.92 Å². The Hall–Kier alpha value is -3.55. The number of nitrogens with zero attached hydrogens (tertiary/aromatic N) is 2. The molecule has 31 heavy (non-hydrogen) atoms. The number of carboxylic acids is 1. The van der Waals surface area contributed by atoms with Crippen LogP contribution in [0.2, 0.25) is 0 Å². The van der Waals surface area contributed by atoms with Crippen LogP contribution in [0.3, 0.4) is 0 Å². The highest BCUT2D eigenvalue weighted by Gasteiger charge is 2.30. The van der Waals surface area contributed by atoms with Crippen molar-refractivity contribution in [3.8, 4) is 11.5 Å². The molecule has 2 aromatic carbocycles. The van der Waals surface area contributed by atoms with Crippen LogP contribution in [0.4, 0.5) is 13.2 Å². The summed E-state index contributed by atoms with van der Waals surface area (Å²) in [5.41, 5.74) is 2.33. The lowest BCUT2D eigenvalue weighted by Gasteiger charge is -2.06. The second-order valence-corrected chi connectivity index (χ2v) is 7.33. The number of halogens is 3. The van der Waals surface area contributed by atoms with E-state index in [0.29, 0.717) is 30.0 Å². The molecular formula is C23H19F3N2O3. The molecule has 4 rings (SSSR count). The third-order valence-electron chi connectivity index (χ3n) is 5.13. The highest BCUT2D eigenvalue weighted by Crippen LogP contribution is 2.31. The minimum atomic E-state index is -4.39. The fraction of sp³-hybridized carbons (Fsp3) is 0.217. The summed E-state index contributed by atoms with van der Waals surface area (Å²) in [5.74, 6) is 0.0540. The number of benzene rings is 2. The van der Waals surface area contributed by atoms with Gasteiger partial charge in [-0.3, -0.25) is 4.79 Å². The van der Waals surface area contributed by atoms with Gasteiger partial charge < -0.3 is 14.1 Å². The fourth-order valence-electron chi connectivity index (χ4n) is 3.45. The highest BCUT2D eigenvalue weighted by molar-refractivity contribution is 5.81. The van der Waals surface area contributed by atoms with Crippen molar-refractivity contribution in [2.75, 3.05) is 0 Å². The number of hydrogen-bond acceptors (Lipinski definition) is 3. The van der Waals surface area contributed by atoms with Gasteiger partial charge in [0.1, 0.15) is 5.76 Å². The molecule has 0 radical (unpaired) electrons. The Morgan fingerprint density at radius 2 is 1.87 bits per heavy atom. The second kappa shape index (κ2) is 7.94. The summed E-state index contributed by atoms with van der Waals surface area (Å²) in [4.78, 5) is 15.1. The second-order valence-electron chi connectivity index (χ2n) is 7.33. The van der Waals surface area contributed by atoms with Crippen molar-refractivity contribution in [1.82, 2.24) is 9.55 Å². The van der Waals surface area contributed by atoms with Gasteiger partial charge in [-0.05, 0) is 66.8 Å². The van der Waals surface area contributed by atoms with E-state index in [0.717, 1.165) is 28.6 Å². The van der Waals surface area contributed by atoms with Gasteiger partial charge in [-0.2, -0.15) is 13.2 Å². The molecule has 0 amide bonds. The zero-order valence-electron chi connectivity index (χ0n) is 16.6. The Morgan fingerprint density at radius 1 is 1.13 bits per heavy atom. The van der Waals surface area contributed by atoms with Crippen molar-refractivity contribution in [2.45, 2.75) is 32.5 Å². The van der Waals surface area contributed by atoms with Crippen LogP contribution in [0.25, 0.3) is 22.4 Å². The number of aromatic nitrogens is 2. The molecule has 0 bridgehead atoms. The van der Waals surface area contributed by atoms with Gasteiger partial charge in [0.15, 0.2) is 0 Å². The lowest BCUT2D eigenvalue weighted by atomic mass is 10.1. The van der Waals surface area contributed by atoms with Crippen LogP contribution in [-0.2, 0) is 23.9 Å². The van der Waals surface area contributed by atoms with Gasteiger partial charge in [0.25, 0.3) is 0 Å². The molecule has 0 spiro atoms. The van der Waals surface area contributed by atoms with Gasteiger partial charge in [-0.25, -0.2) is 4.98 Å². The van der Waals surface area contributed by atoms with Gasteiger partial charge in [0.05, 0.1) is 17.8 Å². The van der Waals surface area contributed by atoms with Crippen LogP contribution in [0.15, 0.2) is 59.1 Å². The van der Waals surface area contributed by atoms with Gasteiger partial charge in [-0.1, -0.05) is 6.07 Å². The predicted molar refractivity (Wildman–Crippen MR) is 109 cm³/mol. The van der Waals surface area contributed by atoms with E-state index in [9.17, 15) is 18.0 Å². The van der Waals surface area contributed by atoms with E-state index in [-0.39, 0.29) is 12.3 Å². The van der Waals surface area contributed by atoms with E-state index in [4.69, 9.17) is 9.52 Å². The number of fused-ring (bicyclic) bond motifs is 1. The molecule has 4 aromatic rings. The first kappa shape index (κ1) is 20.7. The lowest BCUT2D eigenvalue weighted by molar-refractivity contribution is -0.138. The molecule has 0 aliphatic heterocycles. The molecule has 0 saturated carbocycles. The Bertz CT molecular complexity index is 1240. The molecule has 0 saturated heterocycles.